The van der Waals surface area contributed by atoms with E-state index in [0.717, 1.165) is 76.9 Å². The third kappa shape index (κ3) is 5.46. The number of hydrogen-bond acceptors (Lipinski definition) is 6. The second-order valence-corrected chi connectivity index (χ2v) is 9.57. The fraction of sp³-hybridized carbons (Fsp3) is 0.429. The van der Waals surface area contributed by atoms with Crippen LogP contribution < -0.4 is 10.2 Å². The minimum absolute atomic E-state index is 0.792. The number of piperazine rings is 1. The van der Waals surface area contributed by atoms with Gasteiger partial charge in [-0.25, -0.2) is 0 Å². The average molecular weight is 460 g/mol. The van der Waals surface area contributed by atoms with Gasteiger partial charge in [0.1, 0.15) is 5.82 Å². The number of nitrogens with one attached hydrogen (secondary N) is 1. The number of rotatable bonds is 6. The van der Waals surface area contributed by atoms with Gasteiger partial charge in [-0.3, -0.25) is 4.90 Å². The van der Waals surface area contributed by atoms with E-state index in [2.05, 4.69) is 99.6 Å². The summed E-state index contributed by atoms with van der Waals surface area (Å²) < 4.78 is 5.57. The van der Waals surface area contributed by atoms with Gasteiger partial charge in [0.05, 0.1) is 13.2 Å². The summed E-state index contributed by atoms with van der Waals surface area (Å²) in [4.78, 5) is 9.79. The van der Waals surface area contributed by atoms with Gasteiger partial charge in [0.2, 0.25) is 0 Å². The second kappa shape index (κ2) is 10.6. The predicted octanol–water partition coefficient (Wildman–Crippen LogP) is 4.04. The predicted molar refractivity (Wildman–Crippen MR) is 141 cm³/mol. The first-order valence-corrected chi connectivity index (χ1v) is 12.5. The van der Waals surface area contributed by atoms with Crippen molar-refractivity contribution in [3.05, 3.63) is 77.6 Å². The highest BCUT2D eigenvalue weighted by atomic mass is 16.5. The Morgan fingerprint density at radius 2 is 1.76 bits per heavy atom. The molecule has 3 heterocycles. The molecule has 1 N–H and O–H groups in total. The van der Waals surface area contributed by atoms with Gasteiger partial charge in [-0.05, 0) is 55.4 Å². The Morgan fingerprint density at radius 3 is 2.59 bits per heavy atom. The summed E-state index contributed by atoms with van der Waals surface area (Å²) >= 11 is 0. The normalized spacial score (nSPS) is 19.9. The highest BCUT2D eigenvalue weighted by molar-refractivity contribution is 5.70. The van der Waals surface area contributed by atoms with Gasteiger partial charge in [-0.1, -0.05) is 30.4 Å². The van der Waals surface area contributed by atoms with Crippen LogP contribution in [0.25, 0.3) is 0 Å². The van der Waals surface area contributed by atoms with Gasteiger partial charge in [-0.15, -0.1) is 0 Å². The Kier molecular flexibility index (Phi) is 7.19. The zero-order chi connectivity index (χ0) is 23.3. The van der Waals surface area contributed by atoms with Crippen molar-refractivity contribution in [3.63, 3.8) is 0 Å². The lowest BCUT2D eigenvalue weighted by molar-refractivity contribution is 0.0524. The summed E-state index contributed by atoms with van der Waals surface area (Å²) in [5, 5.41) is 3.71. The first-order valence-electron chi connectivity index (χ1n) is 12.5. The van der Waals surface area contributed by atoms with Crippen molar-refractivity contribution in [1.82, 2.24) is 14.7 Å². The molecular formula is C28H37N5O. The van der Waals surface area contributed by atoms with Crippen molar-refractivity contribution >= 4 is 17.1 Å². The molecule has 0 bridgehead atoms. The van der Waals surface area contributed by atoms with Crippen molar-refractivity contribution in [3.8, 4) is 0 Å². The van der Waals surface area contributed by atoms with E-state index in [4.69, 9.17) is 4.74 Å². The van der Waals surface area contributed by atoms with E-state index in [1.807, 2.05) is 0 Å². The van der Waals surface area contributed by atoms with Crippen LogP contribution in [0.1, 0.15) is 11.1 Å². The Hall–Kier alpha value is -2.80. The van der Waals surface area contributed by atoms with Crippen LogP contribution in [-0.4, -0.2) is 80.8 Å². The molecule has 3 aliphatic heterocycles. The number of ether oxygens (including phenoxy) is 1. The van der Waals surface area contributed by atoms with Crippen LogP contribution in [0.4, 0.5) is 17.1 Å². The Balaban J connectivity index is 1.31. The molecule has 6 nitrogen and oxygen atoms in total. The monoisotopic (exact) mass is 459 g/mol. The van der Waals surface area contributed by atoms with Gasteiger partial charge < -0.3 is 24.8 Å². The Morgan fingerprint density at radius 1 is 0.941 bits per heavy atom. The van der Waals surface area contributed by atoms with Crippen LogP contribution >= 0.6 is 0 Å². The summed E-state index contributed by atoms with van der Waals surface area (Å²) in [7, 11) is 2.21. The number of likely N-dealkylation sites (N-methyl/N-ethyl adjacent to an activating group) is 1. The third-order valence-electron chi connectivity index (χ3n) is 7.02. The molecule has 0 unspecified atom stereocenters. The van der Waals surface area contributed by atoms with Gasteiger partial charge >= 0.3 is 0 Å². The van der Waals surface area contributed by atoms with Gasteiger partial charge in [-0.2, -0.15) is 0 Å². The molecule has 2 saturated heterocycles. The maximum atomic E-state index is 5.57. The van der Waals surface area contributed by atoms with Crippen molar-refractivity contribution in [2.24, 2.45) is 0 Å². The topological polar surface area (TPSA) is 34.2 Å². The zero-order valence-electron chi connectivity index (χ0n) is 20.5. The largest absolute Gasteiger partial charge is 0.378 e. The average Bonchev–Trinajstić information content (AvgIpc) is 2.88. The van der Waals surface area contributed by atoms with Gasteiger partial charge in [0.15, 0.2) is 0 Å². The summed E-state index contributed by atoms with van der Waals surface area (Å²) in [6.45, 7) is 12.1. The Labute approximate surface area is 204 Å². The van der Waals surface area contributed by atoms with Crippen molar-refractivity contribution in [1.29, 1.82) is 0 Å². The van der Waals surface area contributed by atoms with E-state index in [0.29, 0.717) is 0 Å². The smallest absolute Gasteiger partial charge is 0.109 e. The van der Waals surface area contributed by atoms with E-state index in [1.165, 1.54) is 22.6 Å². The summed E-state index contributed by atoms with van der Waals surface area (Å²) in [6, 6.07) is 15.6. The van der Waals surface area contributed by atoms with Crippen molar-refractivity contribution in [2.75, 3.05) is 76.3 Å². The molecule has 34 heavy (non-hydrogen) atoms. The minimum atomic E-state index is 0.792. The van der Waals surface area contributed by atoms with Gasteiger partial charge in [0, 0.05) is 69.4 Å². The highest BCUT2D eigenvalue weighted by Crippen LogP contribution is 2.31. The van der Waals surface area contributed by atoms with Crippen LogP contribution in [0.3, 0.4) is 0 Å². The minimum Gasteiger partial charge on any atom is -0.378 e. The third-order valence-corrected chi connectivity index (χ3v) is 7.02. The summed E-state index contributed by atoms with van der Waals surface area (Å²) in [5.74, 6) is 1.26. The molecule has 5 rings (SSSR count). The van der Waals surface area contributed by atoms with E-state index < -0.39 is 0 Å². The van der Waals surface area contributed by atoms with E-state index >= 15 is 0 Å². The lowest BCUT2D eigenvalue weighted by Gasteiger charge is -2.38. The number of benzene rings is 2. The van der Waals surface area contributed by atoms with E-state index in [1.54, 1.807) is 0 Å². The van der Waals surface area contributed by atoms with E-state index in [9.17, 15) is 0 Å². The molecule has 180 valence electrons. The molecule has 2 fully saturated rings. The molecule has 0 radical (unpaired) electrons. The maximum Gasteiger partial charge on any atom is 0.109 e. The fourth-order valence-corrected chi connectivity index (χ4v) is 4.89. The quantitative estimate of drug-likeness (QED) is 0.703. The number of allylic oxidation sites excluding steroid dienone is 2. The first kappa shape index (κ1) is 23.0. The molecule has 2 aromatic carbocycles. The second-order valence-electron chi connectivity index (χ2n) is 9.57. The summed E-state index contributed by atoms with van der Waals surface area (Å²) in [6.07, 6.45) is 6.61. The van der Waals surface area contributed by atoms with Crippen molar-refractivity contribution < 1.29 is 4.74 Å². The molecule has 0 spiro atoms. The molecule has 0 atom stereocenters. The number of nitrogens with zero attached hydrogens (tertiary/aromatic N) is 4. The standard InChI is InChI=1S/C28H37N5O/c1-23-9-10-26(33-11-4-3-8-28(33)32-16-18-34-19-17-32)21-27(23)29-25-7-5-6-24(20-25)22-31-14-12-30(2)13-15-31/h3-10,20-21,29H,11-19,22H2,1-2H3. The zero-order valence-corrected chi connectivity index (χ0v) is 20.5. The SMILES string of the molecule is Cc1ccc(N2CC=CC=C2N2CCOCC2)cc1Nc1cccc(CN2CCN(C)CC2)c1. The van der Waals surface area contributed by atoms with Crippen LogP contribution in [0, 0.1) is 6.92 Å². The molecule has 3 aliphatic rings. The fourth-order valence-electron chi connectivity index (χ4n) is 4.89. The summed E-state index contributed by atoms with van der Waals surface area (Å²) in [5.41, 5.74) is 6.13. The lowest BCUT2D eigenvalue weighted by atomic mass is 10.1. The van der Waals surface area contributed by atoms with Crippen LogP contribution in [0.15, 0.2) is 66.5 Å². The first-order chi connectivity index (χ1) is 16.7. The molecule has 0 saturated carbocycles. The van der Waals surface area contributed by atoms with Crippen LogP contribution in [0.5, 0.6) is 0 Å². The van der Waals surface area contributed by atoms with Gasteiger partial charge in [0.25, 0.3) is 0 Å². The maximum absolute atomic E-state index is 5.57. The Bertz CT molecular complexity index is 1030. The molecular weight excluding hydrogens is 422 g/mol. The van der Waals surface area contributed by atoms with Crippen LogP contribution in [-0.2, 0) is 11.3 Å². The van der Waals surface area contributed by atoms with Crippen molar-refractivity contribution in [2.45, 2.75) is 13.5 Å². The van der Waals surface area contributed by atoms with E-state index in [-0.39, 0.29) is 0 Å². The number of aryl methyl sites for hydroxylation is 1. The molecule has 0 amide bonds. The number of anilines is 3. The highest BCUT2D eigenvalue weighted by Gasteiger charge is 2.22. The molecule has 6 heteroatoms. The molecule has 0 aliphatic carbocycles. The number of morpholine rings is 1. The number of hydrogen-bond donors (Lipinski definition) is 1. The molecule has 0 aromatic heterocycles. The molecule has 2 aromatic rings. The lowest BCUT2D eigenvalue weighted by Crippen LogP contribution is -2.43. The van der Waals surface area contributed by atoms with Crippen LogP contribution in [0.2, 0.25) is 0 Å².